The first kappa shape index (κ1) is 84.5. The molecule has 0 bridgehead atoms. The molecule has 10 N–H and O–H groups in total. The predicted molar refractivity (Wildman–Crippen MR) is 156 cm³/mol. The van der Waals surface area contributed by atoms with Crippen molar-refractivity contribution >= 4 is 61.4 Å². The number of nitrogens with one attached hydrogen (secondary N) is 2. The van der Waals surface area contributed by atoms with Crippen LogP contribution in [0.15, 0.2) is 25.3 Å². The Morgan fingerprint density at radius 1 is 0.655 bits per heavy atom. The normalized spacial score (nSPS) is 26.6. The summed E-state index contributed by atoms with van der Waals surface area (Å²) < 4.78 is 87.3. The van der Waals surface area contributed by atoms with Gasteiger partial charge in [-0.15, -0.1) is 13.2 Å². The van der Waals surface area contributed by atoms with Crippen LogP contribution < -0.4 is 10.6 Å². The zero-order chi connectivity index (χ0) is 38.2. The van der Waals surface area contributed by atoms with Crippen LogP contribution in [0.3, 0.4) is 0 Å². The Morgan fingerprint density at radius 2 is 0.964 bits per heavy atom. The minimum absolute atomic E-state index is 0. The first-order valence-corrected chi connectivity index (χ1v) is 27.2. The monoisotopic (exact) mass is 2500 g/mol. The fourth-order valence-electron chi connectivity index (χ4n) is 3.26. The van der Waals surface area contributed by atoms with Gasteiger partial charge in [-0.05, 0) is 0 Å². The Hall–Kier alpha value is 9.61. The number of aliphatic hydroxyl groups is 8. The van der Waals surface area contributed by atoms with Gasteiger partial charge in [-0.3, -0.25) is 9.59 Å². The summed E-state index contributed by atoms with van der Waals surface area (Å²) in [5.41, 5.74) is 0. The van der Waals surface area contributed by atoms with Crippen LogP contribution in [-0.2, 0) is 23.8 Å². The number of ether oxygens (including phenoxy) is 3. The van der Waals surface area contributed by atoms with E-state index < -0.39 is 113 Å². The van der Waals surface area contributed by atoms with Crippen LogP contribution in [0.1, 0.15) is 0 Å². The van der Waals surface area contributed by atoms with Crippen molar-refractivity contribution in [3.8, 4) is 0 Å². The quantitative estimate of drug-likeness (QED) is 0.0772. The molecule has 0 aromatic rings. The number of alkyl halides is 6. The zero-order valence-electron chi connectivity index (χ0n) is 28.1. The van der Waals surface area contributed by atoms with E-state index in [1.807, 2.05) is 0 Å². The molecule has 0 spiro atoms. The Kier molecular flexibility index (Phi) is 68.8. The van der Waals surface area contributed by atoms with Crippen LogP contribution >= 0.6 is 35.7 Å². The number of aliphatic hydroxyl groups excluding tert-OH is 8. The van der Waals surface area contributed by atoms with Crippen molar-refractivity contribution in [3.63, 3.8) is 0 Å². The van der Waals surface area contributed by atoms with Crippen molar-refractivity contribution in [1.82, 2.24) is 10.6 Å². The average molecular weight is 2500 g/mol. The third kappa shape index (κ3) is 39.1. The zero-order valence-corrected chi connectivity index (χ0v) is 67.2. The number of hydrogen-bond acceptors (Lipinski definition) is 13. The van der Waals surface area contributed by atoms with Crippen LogP contribution in [-0.4, -0.2) is 167 Å². The molecule has 0 saturated carbocycles. The molecule has 0 aromatic heterocycles. The molecule has 2 heterocycles. The molecule has 2 aliphatic rings. The van der Waals surface area contributed by atoms with E-state index in [4.69, 9.17) is 60.5 Å². The minimum atomic E-state index is -5.20. The van der Waals surface area contributed by atoms with Gasteiger partial charge in [-0.2, -0.15) is 26.3 Å². The molecule has 10 unspecified atom stereocenters. The van der Waals surface area contributed by atoms with Crippen LogP contribution in [0.4, 0.5) is 26.3 Å². The van der Waals surface area contributed by atoms with Gasteiger partial charge in [0, 0.05) is 308 Å². The Labute approximate surface area is 581 Å². The fourth-order valence-corrected chi connectivity index (χ4v) is 3.26. The van der Waals surface area contributed by atoms with Crippen LogP contribution in [0, 0.1) is 308 Å². The van der Waals surface area contributed by atoms with E-state index in [1.54, 1.807) is 0 Å². The average Bonchev–Trinajstić information content (AvgIpc) is 2.97. The summed E-state index contributed by atoms with van der Waals surface area (Å²) in [4.78, 5) is 21.6. The molecule has 2 rings (SSSR count). The van der Waals surface area contributed by atoms with E-state index in [0.717, 1.165) is 0 Å². The summed E-state index contributed by atoms with van der Waals surface area (Å²) in [6.45, 7) is 5.07. The second-order valence-electron chi connectivity index (χ2n) is 8.95. The summed E-state index contributed by atoms with van der Waals surface area (Å²) in [6, 6.07) is -3.51. The van der Waals surface area contributed by atoms with Crippen molar-refractivity contribution in [1.29, 1.82) is 0 Å². The Balaban J connectivity index is -0.0000000817. The molecule has 2 fully saturated rings. The van der Waals surface area contributed by atoms with Crippen molar-refractivity contribution < 1.29 is 399 Å². The van der Waals surface area contributed by atoms with Gasteiger partial charge >= 0.3 is 73.7 Å². The molecule has 15 nitrogen and oxygen atoms in total. The summed E-state index contributed by atoms with van der Waals surface area (Å²) in [6.07, 6.45) is -20.9. The summed E-state index contributed by atoms with van der Waals surface area (Å²) in [5.74, 6) is -4.69. The molecule has 2 aliphatic heterocycles. The first-order chi connectivity index (χ1) is 21.8. The van der Waals surface area contributed by atoms with Gasteiger partial charge in [0.05, 0.1) is 26.4 Å². The second-order valence-corrected chi connectivity index (χ2v) is 34.4. The second kappa shape index (κ2) is 44.8. The van der Waals surface area contributed by atoms with E-state index in [9.17, 15) is 61.5 Å². The number of amides is 2. The van der Waals surface area contributed by atoms with E-state index in [1.165, 1.54) is 22.8 Å². The van der Waals surface area contributed by atoms with Crippen molar-refractivity contribution in [2.75, 3.05) is 26.4 Å². The van der Waals surface area contributed by atoms with Crippen molar-refractivity contribution in [2.45, 2.75) is 73.6 Å². The third-order valence-corrected chi connectivity index (χ3v) is 5.40. The first-order valence-electron chi connectivity index (χ1n) is 12.7. The summed E-state index contributed by atoms with van der Waals surface area (Å²) in [5, 5.41) is 75.8. The van der Waals surface area contributed by atoms with Gasteiger partial charge in [0.25, 0.3) is 0 Å². The van der Waals surface area contributed by atoms with Crippen LogP contribution in [0.25, 0.3) is 0 Å². The third-order valence-electron chi connectivity index (χ3n) is 5.40. The topological polar surface area (TPSA) is 248 Å². The number of carbonyl (C=O) groups is 2. The summed E-state index contributed by atoms with van der Waals surface area (Å²) in [7, 11) is 20.1. The van der Waals surface area contributed by atoms with Crippen molar-refractivity contribution in [3.05, 3.63) is 25.3 Å². The molecule has 305 valence electrons. The van der Waals surface area contributed by atoms with Gasteiger partial charge in [0.2, 0.25) is 0 Å². The molecular formula is C22H34Ac7Cl4F6N2O13Sn. The number of halogens is 10. The molecule has 55 heavy (non-hydrogen) atoms. The molecule has 10 atom stereocenters. The Morgan fingerprint density at radius 3 is 1.25 bits per heavy atom. The van der Waals surface area contributed by atoms with E-state index >= 15 is 0 Å². The molecule has 7 radical (unpaired) electrons. The van der Waals surface area contributed by atoms with Gasteiger partial charge < -0.3 is 65.7 Å². The van der Waals surface area contributed by atoms with E-state index in [0.29, 0.717) is 0 Å². The molecule has 0 aliphatic carbocycles. The molecule has 2 saturated heterocycles. The molecule has 2 amide bonds. The van der Waals surface area contributed by atoms with E-state index in [-0.39, 0.29) is 322 Å². The maximum atomic E-state index is 12.3. The van der Waals surface area contributed by atoms with Crippen molar-refractivity contribution in [2.24, 2.45) is 0 Å². The van der Waals surface area contributed by atoms with Gasteiger partial charge in [0.1, 0.15) is 48.7 Å². The number of rotatable bonds is 8. The van der Waals surface area contributed by atoms with Gasteiger partial charge in [0.15, 0.2) is 12.6 Å². The van der Waals surface area contributed by atoms with E-state index in [2.05, 4.69) is 17.9 Å². The fraction of sp³-hybridized carbons (Fsp3) is 0.727. The maximum absolute atomic E-state index is 12.3. The molecular weight excluding hydrogens is 2460 g/mol. The predicted octanol–water partition coefficient (Wildman–Crippen LogP) is -1.32. The molecule has 33 heteroatoms. The standard InChI is InChI=1S/C11H16F3NO6.C8H12F3NO6.C3H6O.7Ac.4ClH.Sn/c1-2-3-20-9-6(15-10(19)11(12,13)14)8(18)7(17)5(4-16)21-9;9-8(10,11)7(17)12-3-5(15)4(14)2(1-13)18-6(3)16;1-2-3-4;;;;;;;;;;;;/h2,5-9,16-18H,1,3-4H2,(H,15,19);2-6,13-16H,1H2,(H,12,17);2,4H,1,3H2;;;;;;;;4*1H;/q;;;;;;;;;;;;;;+4/p-4. The van der Waals surface area contributed by atoms with Crippen LogP contribution in [0.2, 0.25) is 0 Å². The van der Waals surface area contributed by atoms with Gasteiger partial charge in [-0.1, -0.05) is 12.2 Å². The number of hydrogen-bond donors (Lipinski definition) is 10. The Bertz CT molecular complexity index is 1010. The van der Waals surface area contributed by atoms with Crippen LogP contribution in [0.5, 0.6) is 0 Å². The number of carbonyl (C=O) groups excluding carboxylic acids is 2. The SMILES string of the molecule is C=CCO.C=CCOC1OC(CO)C(O)C(O)C1NC(=O)C(F)(F)F.O=C(NC1C(O)OC(CO)C(O)C1O)C(F)(F)F.[Ac].[Ac].[Ac].[Ac].[Ac].[Ac].[Ac].[Cl][Sn]([Cl])([Cl])[Cl]. The molecule has 0 aromatic carbocycles. The summed E-state index contributed by atoms with van der Waals surface area (Å²) >= 11 is -3.29. The van der Waals surface area contributed by atoms with Gasteiger partial charge in [-0.25, -0.2) is 0 Å².